The van der Waals surface area contributed by atoms with Crippen LogP contribution in [0.25, 0.3) is 0 Å². The Hall–Kier alpha value is -2.96. The predicted octanol–water partition coefficient (Wildman–Crippen LogP) is 3.36. The molecule has 0 atom stereocenters. The van der Waals surface area contributed by atoms with Crippen molar-refractivity contribution in [2.45, 2.75) is 13.8 Å². The van der Waals surface area contributed by atoms with E-state index >= 15 is 0 Å². The van der Waals surface area contributed by atoms with E-state index in [0.29, 0.717) is 24.1 Å². The molecule has 0 aliphatic heterocycles. The summed E-state index contributed by atoms with van der Waals surface area (Å²) in [7, 11) is 0. The van der Waals surface area contributed by atoms with Crippen molar-refractivity contribution in [3.05, 3.63) is 54.1 Å². The van der Waals surface area contributed by atoms with Crippen LogP contribution in [0.15, 0.2) is 42.5 Å². The fourth-order valence-corrected chi connectivity index (χ4v) is 2.25. The Bertz CT molecular complexity index is 781. The largest absolute Gasteiger partial charge is 0.492 e. The number of rotatable bonds is 6. The van der Waals surface area contributed by atoms with Gasteiger partial charge >= 0.3 is 0 Å². The molecule has 2 aromatic rings. The summed E-state index contributed by atoms with van der Waals surface area (Å²) in [6.45, 7) is 3.18. The molecule has 0 saturated heterocycles. The molecular formula is C18H18F2N2O3. The second kappa shape index (κ2) is 8.23. The van der Waals surface area contributed by atoms with Gasteiger partial charge in [-0.1, -0.05) is 12.1 Å². The van der Waals surface area contributed by atoms with Gasteiger partial charge in [-0.25, -0.2) is 8.78 Å². The fraction of sp³-hybridized carbons (Fsp3) is 0.222. The molecule has 1 N–H and O–H groups in total. The summed E-state index contributed by atoms with van der Waals surface area (Å²) in [6, 6.07) is 9.62. The van der Waals surface area contributed by atoms with Gasteiger partial charge in [-0.05, 0) is 31.2 Å². The van der Waals surface area contributed by atoms with E-state index in [1.54, 1.807) is 31.2 Å². The highest BCUT2D eigenvalue weighted by atomic mass is 19.1. The topological polar surface area (TPSA) is 58.6 Å². The predicted molar refractivity (Wildman–Crippen MR) is 90.6 cm³/mol. The third-order valence-corrected chi connectivity index (χ3v) is 3.34. The molecule has 0 aromatic heterocycles. The molecule has 5 nitrogen and oxygen atoms in total. The van der Waals surface area contributed by atoms with Crippen LogP contribution in [0.5, 0.6) is 5.75 Å². The van der Waals surface area contributed by atoms with Crippen molar-refractivity contribution >= 4 is 23.2 Å². The van der Waals surface area contributed by atoms with E-state index in [1.165, 1.54) is 11.8 Å². The zero-order valence-electron chi connectivity index (χ0n) is 13.9. The first kappa shape index (κ1) is 18.4. The standard InChI is InChI=1S/C18H18F2N2O3/c1-3-25-17-7-5-4-6-16(17)22(12(2)23)11-18(24)21-15-9-8-13(19)10-14(15)20/h4-10H,3,11H2,1-2H3,(H,21,24). The maximum absolute atomic E-state index is 13.6. The molecule has 2 aromatic carbocycles. The summed E-state index contributed by atoms with van der Waals surface area (Å²) in [4.78, 5) is 25.4. The van der Waals surface area contributed by atoms with E-state index in [4.69, 9.17) is 4.74 Å². The molecule has 0 aliphatic rings. The van der Waals surface area contributed by atoms with Crippen LogP contribution in [0.1, 0.15) is 13.8 Å². The second-order valence-electron chi connectivity index (χ2n) is 5.18. The van der Waals surface area contributed by atoms with Crippen molar-refractivity contribution in [1.82, 2.24) is 0 Å². The van der Waals surface area contributed by atoms with Gasteiger partial charge in [0, 0.05) is 13.0 Å². The van der Waals surface area contributed by atoms with Crippen LogP contribution in [-0.2, 0) is 9.59 Å². The third kappa shape index (κ3) is 4.76. The summed E-state index contributed by atoms with van der Waals surface area (Å²) in [6.07, 6.45) is 0. The van der Waals surface area contributed by atoms with Gasteiger partial charge in [-0.15, -0.1) is 0 Å². The van der Waals surface area contributed by atoms with Gasteiger partial charge in [0.1, 0.15) is 23.9 Å². The summed E-state index contributed by atoms with van der Waals surface area (Å²) >= 11 is 0. The van der Waals surface area contributed by atoms with Gasteiger partial charge in [-0.3, -0.25) is 14.5 Å². The molecule has 7 heteroatoms. The van der Waals surface area contributed by atoms with E-state index in [0.717, 1.165) is 12.1 Å². The molecule has 2 amide bonds. The minimum Gasteiger partial charge on any atom is -0.492 e. The molecular weight excluding hydrogens is 330 g/mol. The lowest BCUT2D eigenvalue weighted by molar-refractivity contribution is -0.120. The lowest BCUT2D eigenvalue weighted by Crippen LogP contribution is -2.37. The Balaban J connectivity index is 2.19. The first-order valence-corrected chi connectivity index (χ1v) is 7.67. The fourth-order valence-electron chi connectivity index (χ4n) is 2.25. The Morgan fingerprint density at radius 3 is 2.52 bits per heavy atom. The Labute approximate surface area is 144 Å². The number of hydrogen-bond donors (Lipinski definition) is 1. The second-order valence-corrected chi connectivity index (χ2v) is 5.18. The average molecular weight is 348 g/mol. The number of anilines is 2. The quantitative estimate of drug-likeness (QED) is 0.871. The van der Waals surface area contributed by atoms with Crippen LogP contribution >= 0.6 is 0 Å². The monoisotopic (exact) mass is 348 g/mol. The highest BCUT2D eigenvalue weighted by Gasteiger charge is 2.20. The number of benzene rings is 2. The molecule has 0 spiro atoms. The van der Waals surface area contributed by atoms with Crippen molar-refractivity contribution < 1.29 is 23.1 Å². The number of nitrogens with zero attached hydrogens (tertiary/aromatic N) is 1. The van der Waals surface area contributed by atoms with Crippen molar-refractivity contribution in [1.29, 1.82) is 0 Å². The van der Waals surface area contributed by atoms with Crippen LogP contribution in [-0.4, -0.2) is 25.0 Å². The zero-order chi connectivity index (χ0) is 18.4. The number of hydrogen-bond acceptors (Lipinski definition) is 3. The number of para-hydroxylation sites is 2. The van der Waals surface area contributed by atoms with E-state index in [1.807, 2.05) is 0 Å². The number of ether oxygens (including phenoxy) is 1. The van der Waals surface area contributed by atoms with Gasteiger partial charge in [0.15, 0.2) is 0 Å². The van der Waals surface area contributed by atoms with Crippen molar-refractivity contribution in [3.8, 4) is 5.75 Å². The van der Waals surface area contributed by atoms with Crippen molar-refractivity contribution in [3.63, 3.8) is 0 Å². The van der Waals surface area contributed by atoms with Gasteiger partial charge in [0.2, 0.25) is 11.8 Å². The summed E-state index contributed by atoms with van der Waals surface area (Å²) in [5.74, 6) is -2.17. The molecule has 2 rings (SSSR count). The summed E-state index contributed by atoms with van der Waals surface area (Å²) in [5, 5.41) is 2.33. The molecule has 0 saturated carbocycles. The lowest BCUT2D eigenvalue weighted by Gasteiger charge is -2.23. The molecule has 0 radical (unpaired) electrons. The van der Waals surface area contributed by atoms with E-state index in [2.05, 4.69) is 5.32 Å². The van der Waals surface area contributed by atoms with E-state index < -0.39 is 17.5 Å². The normalized spacial score (nSPS) is 10.2. The molecule has 132 valence electrons. The number of halogens is 2. The van der Waals surface area contributed by atoms with Gasteiger partial charge in [0.05, 0.1) is 18.0 Å². The number of amides is 2. The number of nitrogens with one attached hydrogen (secondary N) is 1. The Morgan fingerprint density at radius 2 is 1.88 bits per heavy atom. The lowest BCUT2D eigenvalue weighted by atomic mass is 10.2. The van der Waals surface area contributed by atoms with Crippen molar-refractivity contribution in [2.75, 3.05) is 23.4 Å². The number of carbonyl (C=O) groups is 2. The Morgan fingerprint density at radius 1 is 1.16 bits per heavy atom. The van der Waals surface area contributed by atoms with Gasteiger partial charge < -0.3 is 10.1 Å². The minimum atomic E-state index is -0.891. The molecule has 0 heterocycles. The maximum atomic E-state index is 13.6. The van der Waals surface area contributed by atoms with Crippen LogP contribution in [0, 0.1) is 11.6 Å². The van der Waals surface area contributed by atoms with Crippen LogP contribution < -0.4 is 15.0 Å². The average Bonchev–Trinajstić information content (AvgIpc) is 2.56. The minimum absolute atomic E-state index is 0.159. The number of carbonyl (C=O) groups excluding carboxylic acids is 2. The summed E-state index contributed by atoms with van der Waals surface area (Å²) in [5.41, 5.74) is 0.277. The maximum Gasteiger partial charge on any atom is 0.244 e. The smallest absolute Gasteiger partial charge is 0.244 e. The van der Waals surface area contributed by atoms with E-state index in [-0.39, 0.29) is 18.1 Å². The van der Waals surface area contributed by atoms with Gasteiger partial charge in [-0.2, -0.15) is 0 Å². The van der Waals surface area contributed by atoms with Crippen LogP contribution in [0.3, 0.4) is 0 Å². The molecule has 0 bridgehead atoms. The first-order valence-electron chi connectivity index (χ1n) is 7.67. The van der Waals surface area contributed by atoms with Crippen molar-refractivity contribution in [2.24, 2.45) is 0 Å². The van der Waals surface area contributed by atoms with Gasteiger partial charge in [0.25, 0.3) is 0 Å². The van der Waals surface area contributed by atoms with Crippen LogP contribution in [0.2, 0.25) is 0 Å². The SMILES string of the molecule is CCOc1ccccc1N(CC(=O)Nc1ccc(F)cc1F)C(C)=O. The zero-order valence-corrected chi connectivity index (χ0v) is 13.9. The molecule has 0 unspecified atom stereocenters. The third-order valence-electron chi connectivity index (χ3n) is 3.34. The molecule has 25 heavy (non-hydrogen) atoms. The van der Waals surface area contributed by atoms with E-state index in [9.17, 15) is 18.4 Å². The first-order chi connectivity index (χ1) is 11.9. The highest BCUT2D eigenvalue weighted by Crippen LogP contribution is 2.28. The molecule has 0 fully saturated rings. The highest BCUT2D eigenvalue weighted by molar-refractivity contribution is 6.02. The summed E-state index contributed by atoms with van der Waals surface area (Å²) < 4.78 is 32.0. The van der Waals surface area contributed by atoms with Crippen LogP contribution in [0.4, 0.5) is 20.2 Å². The molecule has 0 aliphatic carbocycles. The Kier molecular flexibility index (Phi) is 6.05.